The fraction of sp³-hybridized carbons (Fsp3) is 0.400. The van der Waals surface area contributed by atoms with Gasteiger partial charge in [0.1, 0.15) is 5.82 Å². The molecule has 4 N–H and O–H groups in total. The molecule has 0 unspecified atom stereocenters. The molecule has 1 fully saturated rings. The predicted molar refractivity (Wildman–Crippen MR) is 62.5 cm³/mol. The van der Waals surface area contributed by atoms with Crippen LogP contribution in [0.3, 0.4) is 0 Å². The van der Waals surface area contributed by atoms with Crippen LogP contribution in [0.5, 0.6) is 0 Å². The van der Waals surface area contributed by atoms with Crippen molar-refractivity contribution in [3.05, 3.63) is 18.3 Å². The average molecular weight is 221 g/mol. The third kappa shape index (κ3) is 2.60. The number of amides is 2. The Morgan fingerprint density at radius 1 is 1.44 bits per heavy atom. The maximum atomic E-state index is 10.6. The molecule has 16 heavy (non-hydrogen) atoms. The number of anilines is 2. The van der Waals surface area contributed by atoms with Gasteiger partial charge < -0.3 is 21.3 Å². The molecule has 0 spiro atoms. The molecule has 1 saturated heterocycles. The lowest BCUT2D eigenvalue weighted by molar-refractivity contribution is 0.259. The van der Waals surface area contributed by atoms with Gasteiger partial charge in [-0.05, 0) is 12.1 Å². The molecule has 0 aliphatic carbocycles. The van der Waals surface area contributed by atoms with Crippen molar-refractivity contribution in [2.24, 2.45) is 5.73 Å². The topological polar surface area (TPSA) is 83.3 Å². The Morgan fingerprint density at radius 3 is 2.75 bits per heavy atom. The lowest BCUT2D eigenvalue weighted by Crippen LogP contribution is -2.43. The SMILES string of the molecule is NC(=O)Nc1ccc(N2CCNCC2)nc1. The van der Waals surface area contributed by atoms with E-state index in [9.17, 15) is 4.79 Å². The summed E-state index contributed by atoms with van der Waals surface area (Å²) in [5.74, 6) is 0.927. The third-order valence-electron chi connectivity index (χ3n) is 2.46. The molecule has 2 heterocycles. The molecule has 0 aromatic carbocycles. The number of aromatic nitrogens is 1. The van der Waals surface area contributed by atoms with Crippen LogP contribution in [0, 0.1) is 0 Å². The number of nitrogens with one attached hydrogen (secondary N) is 2. The van der Waals surface area contributed by atoms with E-state index in [2.05, 4.69) is 20.5 Å². The Morgan fingerprint density at radius 2 is 2.19 bits per heavy atom. The van der Waals surface area contributed by atoms with Gasteiger partial charge >= 0.3 is 6.03 Å². The Labute approximate surface area is 93.8 Å². The van der Waals surface area contributed by atoms with Crippen LogP contribution in [0.4, 0.5) is 16.3 Å². The van der Waals surface area contributed by atoms with Crippen molar-refractivity contribution < 1.29 is 4.79 Å². The van der Waals surface area contributed by atoms with Gasteiger partial charge in [0, 0.05) is 26.2 Å². The largest absolute Gasteiger partial charge is 0.354 e. The zero-order valence-electron chi connectivity index (χ0n) is 8.94. The van der Waals surface area contributed by atoms with Crippen LogP contribution in [0.25, 0.3) is 0 Å². The Kier molecular flexibility index (Phi) is 3.21. The number of nitrogens with zero attached hydrogens (tertiary/aromatic N) is 2. The lowest BCUT2D eigenvalue weighted by Gasteiger charge is -2.28. The van der Waals surface area contributed by atoms with Gasteiger partial charge in [0.05, 0.1) is 11.9 Å². The van der Waals surface area contributed by atoms with Gasteiger partial charge in [0.15, 0.2) is 0 Å². The molecule has 0 atom stereocenters. The average Bonchev–Trinajstić information content (AvgIpc) is 2.30. The van der Waals surface area contributed by atoms with E-state index in [0.717, 1.165) is 32.0 Å². The second-order valence-electron chi connectivity index (χ2n) is 3.63. The van der Waals surface area contributed by atoms with Gasteiger partial charge in [-0.15, -0.1) is 0 Å². The van der Waals surface area contributed by atoms with Gasteiger partial charge in [-0.3, -0.25) is 0 Å². The van der Waals surface area contributed by atoms with Crippen LogP contribution in [-0.4, -0.2) is 37.2 Å². The van der Waals surface area contributed by atoms with E-state index in [1.54, 1.807) is 12.3 Å². The van der Waals surface area contributed by atoms with Crippen LogP contribution in [0.1, 0.15) is 0 Å². The van der Waals surface area contributed by atoms with Crippen LogP contribution in [0.2, 0.25) is 0 Å². The molecular formula is C10H15N5O. The highest BCUT2D eigenvalue weighted by Gasteiger charge is 2.11. The number of rotatable bonds is 2. The third-order valence-corrected chi connectivity index (χ3v) is 2.46. The number of hydrogen-bond donors (Lipinski definition) is 3. The van der Waals surface area contributed by atoms with Crippen molar-refractivity contribution in [3.8, 4) is 0 Å². The molecule has 86 valence electrons. The van der Waals surface area contributed by atoms with Crippen molar-refractivity contribution in [1.29, 1.82) is 0 Å². The zero-order chi connectivity index (χ0) is 11.4. The number of nitrogens with two attached hydrogens (primary N) is 1. The number of piperazine rings is 1. The van der Waals surface area contributed by atoms with E-state index in [-0.39, 0.29) is 0 Å². The number of carbonyl (C=O) groups excluding carboxylic acids is 1. The normalized spacial score (nSPS) is 15.9. The van der Waals surface area contributed by atoms with Crippen molar-refractivity contribution in [1.82, 2.24) is 10.3 Å². The summed E-state index contributed by atoms with van der Waals surface area (Å²) in [5.41, 5.74) is 5.63. The summed E-state index contributed by atoms with van der Waals surface area (Å²) in [7, 11) is 0. The first-order valence-electron chi connectivity index (χ1n) is 5.24. The minimum atomic E-state index is -0.572. The first kappa shape index (κ1) is 10.7. The summed E-state index contributed by atoms with van der Waals surface area (Å²) in [6.45, 7) is 3.86. The highest BCUT2D eigenvalue weighted by Crippen LogP contribution is 2.14. The summed E-state index contributed by atoms with van der Waals surface area (Å²) in [6.07, 6.45) is 1.61. The zero-order valence-corrected chi connectivity index (χ0v) is 8.94. The molecule has 1 aromatic rings. The molecule has 1 aliphatic rings. The van der Waals surface area contributed by atoms with Gasteiger partial charge in [0.2, 0.25) is 0 Å². The quantitative estimate of drug-likeness (QED) is 0.655. The number of urea groups is 1. The number of carbonyl (C=O) groups is 1. The summed E-state index contributed by atoms with van der Waals surface area (Å²) >= 11 is 0. The van der Waals surface area contributed by atoms with E-state index in [1.807, 2.05) is 6.07 Å². The molecule has 1 aromatic heterocycles. The van der Waals surface area contributed by atoms with Crippen molar-refractivity contribution in [2.75, 3.05) is 36.4 Å². The Bertz CT molecular complexity index is 358. The molecule has 0 radical (unpaired) electrons. The summed E-state index contributed by atoms with van der Waals surface area (Å²) in [4.78, 5) is 17.1. The highest BCUT2D eigenvalue weighted by molar-refractivity contribution is 5.87. The molecule has 1 aliphatic heterocycles. The smallest absolute Gasteiger partial charge is 0.316 e. The second kappa shape index (κ2) is 4.80. The van der Waals surface area contributed by atoms with Crippen LogP contribution in [-0.2, 0) is 0 Å². The summed E-state index contributed by atoms with van der Waals surface area (Å²) in [6, 6.07) is 3.11. The van der Waals surface area contributed by atoms with E-state index in [4.69, 9.17) is 5.73 Å². The van der Waals surface area contributed by atoms with Crippen molar-refractivity contribution >= 4 is 17.5 Å². The number of primary amides is 1. The Balaban J connectivity index is 2.03. The maximum absolute atomic E-state index is 10.6. The second-order valence-corrected chi connectivity index (χ2v) is 3.63. The van der Waals surface area contributed by atoms with Gasteiger partial charge in [-0.1, -0.05) is 0 Å². The van der Waals surface area contributed by atoms with Crippen LogP contribution in [0.15, 0.2) is 18.3 Å². The molecule has 6 heteroatoms. The van der Waals surface area contributed by atoms with Crippen molar-refractivity contribution in [3.63, 3.8) is 0 Å². The summed E-state index contributed by atoms with van der Waals surface area (Å²) in [5, 5.41) is 5.76. The van der Waals surface area contributed by atoms with E-state index >= 15 is 0 Å². The number of hydrogen-bond acceptors (Lipinski definition) is 4. The minimum Gasteiger partial charge on any atom is -0.354 e. The first-order chi connectivity index (χ1) is 7.75. The van der Waals surface area contributed by atoms with E-state index < -0.39 is 6.03 Å². The molecular weight excluding hydrogens is 206 g/mol. The lowest BCUT2D eigenvalue weighted by atomic mass is 10.3. The molecule has 2 amide bonds. The monoisotopic (exact) mass is 221 g/mol. The molecule has 0 saturated carbocycles. The fourth-order valence-corrected chi connectivity index (χ4v) is 1.68. The predicted octanol–water partition coefficient (Wildman–Crippen LogP) is -0.0182. The van der Waals surface area contributed by atoms with Gasteiger partial charge in [0.25, 0.3) is 0 Å². The van der Waals surface area contributed by atoms with E-state index in [0.29, 0.717) is 5.69 Å². The fourth-order valence-electron chi connectivity index (χ4n) is 1.68. The van der Waals surface area contributed by atoms with Gasteiger partial charge in [-0.2, -0.15) is 0 Å². The van der Waals surface area contributed by atoms with Crippen LogP contribution < -0.4 is 21.3 Å². The van der Waals surface area contributed by atoms with Gasteiger partial charge in [-0.25, -0.2) is 9.78 Å². The summed E-state index contributed by atoms with van der Waals surface area (Å²) < 4.78 is 0. The molecule has 2 rings (SSSR count). The minimum absolute atomic E-state index is 0.572. The molecule has 6 nitrogen and oxygen atoms in total. The molecule has 0 bridgehead atoms. The Hall–Kier alpha value is -1.82. The van der Waals surface area contributed by atoms with Crippen molar-refractivity contribution in [2.45, 2.75) is 0 Å². The first-order valence-corrected chi connectivity index (χ1v) is 5.24. The standard InChI is InChI=1S/C10H15N5O/c11-10(16)14-8-1-2-9(13-7-8)15-5-3-12-4-6-15/h1-2,7,12H,3-6H2,(H3,11,14,16). The van der Waals surface area contributed by atoms with Crippen LogP contribution >= 0.6 is 0 Å². The number of pyridine rings is 1. The maximum Gasteiger partial charge on any atom is 0.316 e. The highest BCUT2D eigenvalue weighted by atomic mass is 16.2. The van der Waals surface area contributed by atoms with E-state index in [1.165, 1.54) is 0 Å².